The largest absolute Gasteiger partial charge is 0.481 e. The number of hydrogen-bond acceptors (Lipinski definition) is 3. The zero-order valence-corrected chi connectivity index (χ0v) is 27.5. The molecule has 0 saturated carbocycles. The molecule has 0 saturated heterocycles. The van der Waals surface area contributed by atoms with Crippen LogP contribution in [0.3, 0.4) is 0 Å². The Morgan fingerprint density at radius 1 is 0.756 bits per heavy atom. The van der Waals surface area contributed by atoms with Crippen LogP contribution in [0.15, 0.2) is 108 Å². The molecule has 0 radical (unpaired) electrons. The molecule has 0 bridgehead atoms. The average molecular weight is 618 g/mol. The van der Waals surface area contributed by atoms with Crippen molar-refractivity contribution in [2.45, 2.75) is 69.9 Å². The van der Waals surface area contributed by atoms with Gasteiger partial charge in [0.05, 0.1) is 10.8 Å². The predicted molar refractivity (Wildman–Crippen MR) is 186 cm³/mol. The highest BCUT2D eigenvalue weighted by atomic mass is 32.2. The minimum atomic E-state index is -0.805. The summed E-state index contributed by atoms with van der Waals surface area (Å²) in [5.41, 5.74) is 7.62. The number of carbonyl (C=O) groups is 2. The van der Waals surface area contributed by atoms with E-state index in [1.807, 2.05) is 48.7 Å². The topological polar surface area (TPSA) is 59.3 Å². The maximum atomic E-state index is 13.9. The Morgan fingerprint density at radius 3 is 1.93 bits per heavy atom. The van der Waals surface area contributed by atoms with Crippen molar-refractivity contribution in [3.63, 3.8) is 0 Å². The average Bonchev–Trinajstić information content (AvgIpc) is 3.38. The number of carboxylic acid groups (broad SMARTS) is 1. The van der Waals surface area contributed by atoms with Gasteiger partial charge in [0.1, 0.15) is 0 Å². The highest BCUT2D eigenvalue weighted by Crippen LogP contribution is 2.41. The van der Waals surface area contributed by atoms with Gasteiger partial charge >= 0.3 is 5.97 Å². The number of carbonyl (C=O) groups excluding carboxylic acids is 1. The van der Waals surface area contributed by atoms with Crippen LogP contribution in [-0.2, 0) is 24.1 Å². The van der Waals surface area contributed by atoms with E-state index in [0.717, 1.165) is 34.2 Å². The van der Waals surface area contributed by atoms with Crippen LogP contribution in [0.2, 0.25) is 0 Å². The van der Waals surface area contributed by atoms with Gasteiger partial charge in [-0.1, -0.05) is 100 Å². The first-order chi connectivity index (χ1) is 21.7. The van der Waals surface area contributed by atoms with Crippen LogP contribution in [0.25, 0.3) is 10.9 Å². The van der Waals surface area contributed by atoms with E-state index >= 15 is 0 Å². The first kappa shape index (κ1) is 32.3. The van der Waals surface area contributed by atoms with Crippen LogP contribution in [0.5, 0.6) is 0 Å². The van der Waals surface area contributed by atoms with Crippen molar-refractivity contribution in [1.82, 2.24) is 4.57 Å². The minimum absolute atomic E-state index is 0.0739. The number of aliphatic carboxylic acids is 1. The molecule has 1 N–H and O–H groups in total. The number of aryl methyl sites for hydroxylation is 1. The summed E-state index contributed by atoms with van der Waals surface area (Å²) in [5, 5.41) is 10.2. The number of benzene rings is 4. The fourth-order valence-electron chi connectivity index (χ4n) is 5.95. The fraction of sp³-hybridized carbons (Fsp3) is 0.300. The maximum Gasteiger partial charge on any atom is 0.303 e. The second-order valence-corrected chi connectivity index (χ2v) is 14.0. The molecule has 0 aliphatic carbocycles. The van der Waals surface area contributed by atoms with E-state index in [0.29, 0.717) is 30.2 Å². The molecule has 0 aliphatic heterocycles. The molecule has 4 aromatic carbocycles. The number of rotatable bonds is 13. The Balaban J connectivity index is 1.44. The molecular formula is C40H43NO3S. The van der Waals surface area contributed by atoms with Gasteiger partial charge in [0.15, 0.2) is 0 Å². The van der Waals surface area contributed by atoms with E-state index in [1.54, 1.807) is 16.3 Å². The fourth-order valence-corrected chi connectivity index (χ4v) is 7.16. The normalized spacial score (nSPS) is 11.6. The number of aromatic nitrogens is 1. The number of fused-ring (bicyclic) bond motifs is 1. The lowest BCUT2D eigenvalue weighted by atomic mass is 9.97. The minimum Gasteiger partial charge on any atom is -0.481 e. The highest BCUT2D eigenvalue weighted by Gasteiger charge is 2.19. The van der Waals surface area contributed by atoms with Crippen LogP contribution in [0, 0.1) is 11.8 Å². The van der Waals surface area contributed by atoms with Crippen LogP contribution in [-0.4, -0.2) is 21.6 Å². The lowest BCUT2D eigenvalue weighted by molar-refractivity contribution is -0.137. The number of thioether (sulfide) groups is 1. The first-order valence-corrected chi connectivity index (χ1v) is 16.9. The van der Waals surface area contributed by atoms with Gasteiger partial charge in [0, 0.05) is 28.5 Å². The van der Waals surface area contributed by atoms with E-state index < -0.39 is 5.97 Å². The van der Waals surface area contributed by atoms with Crippen molar-refractivity contribution < 1.29 is 14.7 Å². The molecule has 0 aliphatic rings. The molecular weight excluding hydrogens is 575 g/mol. The smallest absolute Gasteiger partial charge is 0.303 e. The van der Waals surface area contributed by atoms with E-state index in [4.69, 9.17) is 5.11 Å². The molecule has 1 aromatic heterocycles. The Bertz CT molecular complexity index is 1700. The zero-order chi connectivity index (χ0) is 31.9. The molecule has 0 atom stereocenters. The van der Waals surface area contributed by atoms with Gasteiger partial charge in [-0.25, -0.2) is 0 Å². The SMILES string of the molecule is CC(C)Cc1ccc(C(Sc2cccc(C(=O)n3cc(CCCC(=O)O)c4ccccc43)c2)c2ccc(CC(C)C)cc2)cc1. The quantitative estimate of drug-likeness (QED) is 0.134. The molecule has 0 unspecified atom stereocenters. The monoisotopic (exact) mass is 617 g/mol. The number of hydrogen-bond donors (Lipinski definition) is 1. The summed E-state index contributed by atoms with van der Waals surface area (Å²) >= 11 is 1.77. The molecule has 232 valence electrons. The Hall–Kier alpha value is -4.09. The summed E-state index contributed by atoms with van der Waals surface area (Å²) in [6, 6.07) is 33.8. The van der Waals surface area contributed by atoms with E-state index in [1.165, 1.54) is 22.3 Å². The molecule has 1 heterocycles. The van der Waals surface area contributed by atoms with Crippen LogP contribution in [0.4, 0.5) is 0 Å². The van der Waals surface area contributed by atoms with Crippen molar-refractivity contribution in [3.05, 3.63) is 137 Å². The zero-order valence-electron chi connectivity index (χ0n) is 26.7. The molecule has 45 heavy (non-hydrogen) atoms. The Kier molecular flexibility index (Phi) is 10.6. The lowest BCUT2D eigenvalue weighted by Crippen LogP contribution is -2.10. The lowest BCUT2D eigenvalue weighted by Gasteiger charge is -2.20. The third-order valence-corrected chi connectivity index (χ3v) is 9.34. The molecule has 5 rings (SSSR count). The summed E-state index contributed by atoms with van der Waals surface area (Å²) in [6.07, 6.45) is 5.24. The van der Waals surface area contributed by atoms with Gasteiger partial charge < -0.3 is 5.11 Å². The number of carboxylic acids is 1. The van der Waals surface area contributed by atoms with E-state index in [2.05, 4.69) is 82.3 Å². The Morgan fingerprint density at radius 2 is 1.36 bits per heavy atom. The van der Waals surface area contributed by atoms with Crippen LogP contribution in [0.1, 0.15) is 84.0 Å². The third-order valence-electron chi connectivity index (χ3n) is 8.04. The van der Waals surface area contributed by atoms with Crippen molar-refractivity contribution in [1.29, 1.82) is 0 Å². The predicted octanol–water partition coefficient (Wildman–Crippen LogP) is 10.0. The molecule has 5 heteroatoms. The van der Waals surface area contributed by atoms with Gasteiger partial charge in [-0.15, -0.1) is 11.8 Å². The van der Waals surface area contributed by atoms with E-state index in [9.17, 15) is 9.59 Å². The van der Waals surface area contributed by atoms with Crippen LogP contribution < -0.4 is 0 Å². The summed E-state index contributed by atoms with van der Waals surface area (Å²) in [6.45, 7) is 8.99. The van der Waals surface area contributed by atoms with Crippen molar-refractivity contribution in [2.24, 2.45) is 11.8 Å². The second-order valence-electron chi connectivity index (χ2n) is 12.8. The molecule has 0 spiro atoms. The van der Waals surface area contributed by atoms with Gasteiger partial charge in [0.2, 0.25) is 0 Å². The molecule has 5 aromatic rings. The maximum absolute atomic E-state index is 13.9. The second kappa shape index (κ2) is 14.8. The summed E-state index contributed by atoms with van der Waals surface area (Å²) < 4.78 is 1.72. The van der Waals surface area contributed by atoms with Gasteiger partial charge in [-0.3, -0.25) is 14.2 Å². The van der Waals surface area contributed by atoms with Gasteiger partial charge in [-0.2, -0.15) is 0 Å². The molecule has 0 fully saturated rings. The third kappa shape index (κ3) is 8.34. The molecule has 4 nitrogen and oxygen atoms in total. The number of nitrogens with zero attached hydrogens (tertiary/aromatic N) is 1. The molecule has 0 amide bonds. The first-order valence-electron chi connectivity index (χ1n) is 16.0. The highest BCUT2D eigenvalue weighted by molar-refractivity contribution is 7.99. The van der Waals surface area contributed by atoms with Crippen molar-refractivity contribution in [3.8, 4) is 0 Å². The standard InChI is InChI=1S/C40H43NO3S/c1-27(2)23-29-15-19-31(20-16-29)39(32-21-17-30(18-22-32)24-28(3)4)45-35-11-7-9-33(25-35)40(44)41-26-34(10-8-14-38(42)43)36-12-5-6-13-37(36)41/h5-7,9,11-13,15-22,25-28,39H,8,10,14,23-24H2,1-4H3,(H,42,43). The Labute approximate surface area is 271 Å². The van der Waals surface area contributed by atoms with Gasteiger partial charge in [-0.05, 0) is 89.6 Å². The van der Waals surface area contributed by atoms with Crippen molar-refractivity contribution in [2.75, 3.05) is 0 Å². The summed E-state index contributed by atoms with van der Waals surface area (Å²) in [4.78, 5) is 26.1. The number of para-hydroxylation sites is 1. The van der Waals surface area contributed by atoms with Gasteiger partial charge in [0.25, 0.3) is 5.91 Å². The van der Waals surface area contributed by atoms with Crippen molar-refractivity contribution >= 4 is 34.5 Å². The summed E-state index contributed by atoms with van der Waals surface area (Å²) in [7, 11) is 0. The van der Waals surface area contributed by atoms with E-state index in [-0.39, 0.29) is 17.6 Å². The van der Waals surface area contributed by atoms with Crippen LogP contribution >= 0.6 is 11.8 Å². The summed E-state index contributed by atoms with van der Waals surface area (Å²) in [5.74, 6) is 0.312.